The molecule has 1 amide bonds. The molecular weight excluding hydrogens is 371 g/mol. The van der Waals surface area contributed by atoms with E-state index in [2.05, 4.69) is 20.0 Å². The number of H-pyrrole nitrogens is 1. The van der Waals surface area contributed by atoms with Crippen molar-refractivity contribution in [2.24, 2.45) is 0 Å². The van der Waals surface area contributed by atoms with Crippen LogP contribution < -0.4 is 15.7 Å². The summed E-state index contributed by atoms with van der Waals surface area (Å²) < 4.78 is 40.1. The number of fused-ring (bicyclic) bond motifs is 1. The van der Waals surface area contributed by atoms with Crippen LogP contribution in [0.2, 0.25) is 0 Å². The molecule has 1 aromatic heterocycles. The van der Waals surface area contributed by atoms with Crippen molar-refractivity contribution < 1.29 is 22.7 Å². The number of hydrogen-bond acceptors (Lipinski definition) is 5. The molecule has 0 aliphatic heterocycles. The van der Waals surface area contributed by atoms with Crippen LogP contribution in [0.4, 0.5) is 18.9 Å². The van der Waals surface area contributed by atoms with Gasteiger partial charge in [0.2, 0.25) is 5.91 Å². The summed E-state index contributed by atoms with van der Waals surface area (Å²) in [5.74, 6) is -0.689. The number of aromatic amines is 1. The molecule has 0 radical (unpaired) electrons. The van der Waals surface area contributed by atoms with Crippen molar-refractivity contribution in [3.05, 3.63) is 46.0 Å². The quantitative estimate of drug-likeness (QED) is 0.611. The van der Waals surface area contributed by atoms with Gasteiger partial charge in [-0.2, -0.15) is 4.98 Å². The number of benzene rings is 1. The van der Waals surface area contributed by atoms with E-state index in [9.17, 15) is 22.8 Å². The molecule has 3 rings (SSSR count). The van der Waals surface area contributed by atoms with Crippen molar-refractivity contribution in [1.29, 1.82) is 0 Å². The zero-order valence-corrected chi connectivity index (χ0v) is 14.2. The number of ether oxygens (including phenoxy) is 1. The minimum absolute atomic E-state index is 0.0314. The van der Waals surface area contributed by atoms with Crippen LogP contribution in [-0.2, 0) is 17.6 Å². The molecule has 0 spiro atoms. The number of alkyl halides is 3. The Morgan fingerprint density at radius 2 is 2.00 bits per heavy atom. The molecule has 138 valence electrons. The number of thioether (sulfide) groups is 1. The molecule has 26 heavy (non-hydrogen) atoms. The highest BCUT2D eigenvalue weighted by Crippen LogP contribution is 2.28. The number of nitrogens with one attached hydrogen (secondary N) is 2. The smallest absolute Gasteiger partial charge is 0.406 e. The van der Waals surface area contributed by atoms with E-state index in [1.54, 1.807) is 0 Å². The highest BCUT2D eigenvalue weighted by atomic mass is 32.2. The summed E-state index contributed by atoms with van der Waals surface area (Å²) >= 11 is 1.16. The molecular formula is C16H14F3N3O3S. The number of halogens is 3. The molecule has 0 fully saturated rings. The van der Waals surface area contributed by atoms with Gasteiger partial charge in [-0.05, 0) is 43.5 Å². The second kappa shape index (κ2) is 7.40. The van der Waals surface area contributed by atoms with Crippen molar-refractivity contribution in [3.63, 3.8) is 0 Å². The number of amides is 1. The molecule has 1 aliphatic rings. The van der Waals surface area contributed by atoms with Crippen molar-refractivity contribution in [3.8, 4) is 5.75 Å². The largest absolute Gasteiger partial charge is 0.573 e. The SMILES string of the molecule is O=C(CSc1nc(=O)[nH]c2c1CCC2)Nc1ccc(OC(F)(F)F)cc1. The minimum Gasteiger partial charge on any atom is -0.406 e. The van der Waals surface area contributed by atoms with Crippen LogP contribution in [0, 0.1) is 0 Å². The average Bonchev–Trinajstić information content (AvgIpc) is 3.01. The molecule has 2 aromatic rings. The Balaban J connectivity index is 1.57. The summed E-state index contributed by atoms with van der Waals surface area (Å²) in [5.41, 5.74) is 1.74. The zero-order chi connectivity index (χ0) is 18.7. The lowest BCUT2D eigenvalue weighted by molar-refractivity contribution is -0.274. The number of nitrogens with zero attached hydrogens (tertiary/aromatic N) is 1. The van der Waals surface area contributed by atoms with Gasteiger partial charge in [0.05, 0.1) is 5.75 Å². The first-order valence-corrected chi connectivity index (χ1v) is 8.69. The van der Waals surface area contributed by atoms with Gasteiger partial charge >= 0.3 is 12.1 Å². The van der Waals surface area contributed by atoms with Gasteiger partial charge in [-0.1, -0.05) is 11.8 Å². The predicted molar refractivity (Wildman–Crippen MR) is 89.4 cm³/mol. The van der Waals surface area contributed by atoms with Crippen LogP contribution in [0.25, 0.3) is 0 Å². The van der Waals surface area contributed by atoms with Crippen molar-refractivity contribution in [2.45, 2.75) is 30.7 Å². The first kappa shape index (κ1) is 18.3. The molecule has 0 unspecified atom stereocenters. The number of hydrogen-bond donors (Lipinski definition) is 2. The van der Waals surface area contributed by atoms with Gasteiger partial charge in [-0.15, -0.1) is 13.2 Å². The van der Waals surface area contributed by atoms with E-state index in [0.717, 1.165) is 54.4 Å². The van der Waals surface area contributed by atoms with Crippen LogP contribution in [0.5, 0.6) is 5.75 Å². The average molecular weight is 385 g/mol. The standard InChI is InChI=1S/C16H14F3N3O3S/c17-16(18,19)25-10-6-4-9(5-7-10)20-13(23)8-26-14-11-2-1-3-12(11)21-15(24)22-14/h4-7H,1-3,8H2,(H,20,23)(H,21,22,24). The van der Waals surface area contributed by atoms with E-state index in [4.69, 9.17) is 0 Å². The predicted octanol–water partition coefficient (Wildman–Crippen LogP) is 2.89. The lowest BCUT2D eigenvalue weighted by atomic mass is 10.3. The van der Waals surface area contributed by atoms with Crippen LogP contribution >= 0.6 is 11.8 Å². The first-order chi connectivity index (χ1) is 12.3. The summed E-state index contributed by atoms with van der Waals surface area (Å²) in [6.45, 7) is 0. The lowest BCUT2D eigenvalue weighted by Crippen LogP contribution is -2.18. The number of rotatable bonds is 5. The van der Waals surface area contributed by atoms with Crippen LogP contribution in [-0.4, -0.2) is 28.0 Å². The van der Waals surface area contributed by atoms with E-state index < -0.39 is 12.1 Å². The molecule has 1 aliphatic carbocycles. The summed E-state index contributed by atoms with van der Waals surface area (Å²) in [7, 11) is 0. The maximum absolute atomic E-state index is 12.1. The van der Waals surface area contributed by atoms with Gasteiger partial charge < -0.3 is 15.0 Å². The number of aromatic nitrogens is 2. The van der Waals surface area contributed by atoms with E-state index >= 15 is 0 Å². The molecule has 0 atom stereocenters. The second-order valence-electron chi connectivity index (χ2n) is 5.57. The zero-order valence-electron chi connectivity index (χ0n) is 13.4. The van der Waals surface area contributed by atoms with Gasteiger partial charge in [-0.3, -0.25) is 4.79 Å². The Bertz CT molecular complexity index is 866. The van der Waals surface area contributed by atoms with E-state index in [0.29, 0.717) is 10.7 Å². The normalized spacial score (nSPS) is 13.3. The molecule has 0 saturated carbocycles. The summed E-state index contributed by atoms with van der Waals surface area (Å²) in [5, 5.41) is 3.12. The maximum atomic E-state index is 12.1. The van der Waals surface area contributed by atoms with E-state index in [1.165, 1.54) is 12.1 Å². The molecule has 0 bridgehead atoms. The molecule has 10 heteroatoms. The summed E-state index contributed by atoms with van der Waals surface area (Å²) in [6.07, 6.45) is -2.23. The van der Waals surface area contributed by atoms with Gasteiger partial charge in [0.15, 0.2) is 0 Å². The monoisotopic (exact) mass is 385 g/mol. The Kier molecular flexibility index (Phi) is 5.21. The van der Waals surface area contributed by atoms with Gasteiger partial charge in [-0.25, -0.2) is 4.79 Å². The molecule has 1 aromatic carbocycles. The third kappa shape index (κ3) is 4.78. The topological polar surface area (TPSA) is 84.1 Å². The molecule has 0 saturated heterocycles. The third-order valence-corrected chi connectivity index (χ3v) is 4.67. The second-order valence-corrected chi connectivity index (χ2v) is 6.53. The molecule has 2 N–H and O–H groups in total. The van der Waals surface area contributed by atoms with Gasteiger partial charge in [0.1, 0.15) is 10.8 Å². The Hall–Kier alpha value is -2.49. The Labute approximate surface area is 150 Å². The highest BCUT2D eigenvalue weighted by Gasteiger charge is 2.31. The van der Waals surface area contributed by atoms with Crippen molar-refractivity contribution >= 4 is 23.4 Å². The molecule has 6 nitrogen and oxygen atoms in total. The maximum Gasteiger partial charge on any atom is 0.573 e. The number of anilines is 1. The fraction of sp³-hybridized carbons (Fsp3) is 0.312. The van der Waals surface area contributed by atoms with Crippen LogP contribution in [0.3, 0.4) is 0 Å². The summed E-state index contributed by atoms with van der Waals surface area (Å²) in [6, 6.07) is 4.85. The fourth-order valence-corrected chi connectivity index (χ4v) is 3.51. The van der Waals surface area contributed by atoms with Crippen LogP contribution in [0.1, 0.15) is 17.7 Å². The number of carbonyl (C=O) groups is 1. The third-order valence-electron chi connectivity index (χ3n) is 3.65. The fourth-order valence-electron chi connectivity index (χ4n) is 2.62. The van der Waals surface area contributed by atoms with Gasteiger partial charge in [0.25, 0.3) is 0 Å². The van der Waals surface area contributed by atoms with E-state index in [1.807, 2.05) is 0 Å². The van der Waals surface area contributed by atoms with Crippen molar-refractivity contribution in [1.82, 2.24) is 9.97 Å². The minimum atomic E-state index is -4.76. The first-order valence-electron chi connectivity index (χ1n) is 7.71. The Morgan fingerprint density at radius 3 is 2.69 bits per heavy atom. The number of aryl methyl sites for hydroxylation is 1. The lowest BCUT2D eigenvalue weighted by Gasteiger charge is -2.10. The molecule has 1 heterocycles. The van der Waals surface area contributed by atoms with E-state index in [-0.39, 0.29) is 17.4 Å². The van der Waals surface area contributed by atoms with Gasteiger partial charge in [0, 0.05) is 16.9 Å². The highest BCUT2D eigenvalue weighted by molar-refractivity contribution is 8.00. The number of carbonyl (C=O) groups excluding carboxylic acids is 1. The Morgan fingerprint density at radius 1 is 1.27 bits per heavy atom. The van der Waals surface area contributed by atoms with Crippen LogP contribution in [0.15, 0.2) is 34.1 Å². The summed E-state index contributed by atoms with van der Waals surface area (Å²) in [4.78, 5) is 30.2. The van der Waals surface area contributed by atoms with Crippen molar-refractivity contribution in [2.75, 3.05) is 11.1 Å².